The SMILES string of the molecule is Cc1ccc(C(=O)O)cc1S(=O)(=O)N(c1ccccc1)[C@@H]1CS(=O)(=O)C[C@H]1O. The molecule has 0 aliphatic carbocycles. The third kappa shape index (κ3) is 3.75. The largest absolute Gasteiger partial charge is 0.478 e. The van der Waals surface area contributed by atoms with Gasteiger partial charge < -0.3 is 10.2 Å². The fourth-order valence-electron chi connectivity index (χ4n) is 3.23. The fourth-order valence-corrected chi connectivity index (χ4v) is 7.03. The quantitative estimate of drug-likeness (QED) is 0.732. The lowest BCUT2D eigenvalue weighted by Gasteiger charge is -2.32. The molecule has 0 radical (unpaired) electrons. The highest BCUT2D eigenvalue weighted by atomic mass is 32.2. The Kier molecular flexibility index (Phi) is 5.22. The first-order chi connectivity index (χ1) is 13.0. The Morgan fingerprint density at radius 3 is 2.29 bits per heavy atom. The summed E-state index contributed by atoms with van der Waals surface area (Å²) < 4.78 is 51.9. The van der Waals surface area contributed by atoms with Gasteiger partial charge in [-0.15, -0.1) is 0 Å². The number of rotatable bonds is 5. The minimum Gasteiger partial charge on any atom is -0.478 e. The summed E-state index contributed by atoms with van der Waals surface area (Å²) in [5, 5.41) is 19.5. The number of hydrogen-bond donors (Lipinski definition) is 2. The van der Waals surface area contributed by atoms with Crippen molar-refractivity contribution >= 4 is 31.5 Å². The number of carboxylic acids is 1. The normalized spacial score (nSPS) is 21.4. The van der Waals surface area contributed by atoms with Gasteiger partial charge in [-0.2, -0.15) is 0 Å². The van der Waals surface area contributed by atoms with Gasteiger partial charge in [-0.25, -0.2) is 21.6 Å². The van der Waals surface area contributed by atoms with Crippen molar-refractivity contribution in [3.63, 3.8) is 0 Å². The van der Waals surface area contributed by atoms with E-state index in [4.69, 9.17) is 0 Å². The van der Waals surface area contributed by atoms with Crippen LogP contribution < -0.4 is 4.31 Å². The maximum Gasteiger partial charge on any atom is 0.335 e. The summed E-state index contributed by atoms with van der Waals surface area (Å²) in [5.41, 5.74) is 0.279. The van der Waals surface area contributed by atoms with Gasteiger partial charge in [-0.3, -0.25) is 4.31 Å². The number of sulfone groups is 1. The standard InChI is InChI=1S/C18H19NO7S2/c1-12-7-8-13(18(21)22)9-17(12)28(25,26)19(14-5-3-2-4-6-14)15-10-27(23,24)11-16(15)20/h2-9,15-16,20H,10-11H2,1H3,(H,21,22)/t15-,16-/m1/s1. The Labute approximate surface area is 163 Å². The molecule has 2 N–H and O–H groups in total. The van der Waals surface area contributed by atoms with Gasteiger partial charge in [0.15, 0.2) is 9.84 Å². The third-order valence-electron chi connectivity index (χ3n) is 4.58. The number of anilines is 1. The summed E-state index contributed by atoms with van der Waals surface area (Å²) in [6.45, 7) is 1.52. The van der Waals surface area contributed by atoms with Crippen molar-refractivity contribution in [3.8, 4) is 0 Å². The van der Waals surface area contributed by atoms with Crippen LogP contribution in [0.1, 0.15) is 15.9 Å². The van der Waals surface area contributed by atoms with Crippen LogP contribution in [-0.4, -0.2) is 56.7 Å². The number of aryl methyl sites for hydroxylation is 1. The van der Waals surface area contributed by atoms with Crippen LogP contribution in [0.4, 0.5) is 5.69 Å². The van der Waals surface area contributed by atoms with Crippen LogP contribution in [0.2, 0.25) is 0 Å². The summed E-state index contributed by atoms with van der Waals surface area (Å²) in [5.74, 6) is -2.35. The average molecular weight is 425 g/mol. The lowest BCUT2D eigenvalue weighted by atomic mass is 10.1. The van der Waals surface area contributed by atoms with Crippen LogP contribution in [0.25, 0.3) is 0 Å². The topological polar surface area (TPSA) is 129 Å². The van der Waals surface area contributed by atoms with E-state index in [1.807, 2.05) is 0 Å². The maximum atomic E-state index is 13.5. The van der Waals surface area contributed by atoms with Crippen molar-refractivity contribution in [1.29, 1.82) is 0 Å². The zero-order valence-electron chi connectivity index (χ0n) is 14.9. The van der Waals surface area contributed by atoms with Gasteiger partial charge in [0.2, 0.25) is 0 Å². The average Bonchev–Trinajstić information content (AvgIpc) is 2.88. The number of hydrogen-bond acceptors (Lipinski definition) is 6. The number of benzene rings is 2. The molecule has 2 aromatic carbocycles. The molecule has 1 saturated heterocycles. The van der Waals surface area contributed by atoms with Gasteiger partial charge in [0, 0.05) is 0 Å². The molecule has 1 aliphatic rings. The number of carboxylic acid groups (broad SMARTS) is 1. The van der Waals surface area contributed by atoms with Gasteiger partial charge in [-0.1, -0.05) is 24.3 Å². The zero-order valence-corrected chi connectivity index (χ0v) is 16.5. The Morgan fingerprint density at radius 2 is 1.75 bits per heavy atom. The molecule has 0 aromatic heterocycles. The van der Waals surface area contributed by atoms with Crippen molar-refractivity contribution in [2.75, 3.05) is 15.8 Å². The van der Waals surface area contributed by atoms with Gasteiger partial charge in [0.1, 0.15) is 0 Å². The molecule has 0 amide bonds. The monoisotopic (exact) mass is 425 g/mol. The number of aliphatic hydroxyl groups is 1. The van der Waals surface area contributed by atoms with E-state index < -0.39 is 49.5 Å². The highest BCUT2D eigenvalue weighted by Crippen LogP contribution is 2.32. The zero-order chi connectivity index (χ0) is 20.7. The molecule has 1 aliphatic heterocycles. The van der Waals surface area contributed by atoms with Crippen LogP contribution in [-0.2, 0) is 19.9 Å². The summed E-state index contributed by atoms with van der Waals surface area (Å²) in [7, 11) is -7.98. The lowest BCUT2D eigenvalue weighted by molar-refractivity contribution is 0.0696. The number of aromatic carboxylic acids is 1. The summed E-state index contributed by atoms with van der Waals surface area (Å²) in [6.07, 6.45) is -1.40. The van der Waals surface area contributed by atoms with E-state index in [9.17, 15) is 31.8 Å². The Bertz CT molecular complexity index is 1110. The van der Waals surface area contributed by atoms with E-state index in [0.717, 1.165) is 10.4 Å². The Hall–Kier alpha value is -2.43. The van der Waals surface area contributed by atoms with Crippen molar-refractivity contribution in [2.24, 2.45) is 0 Å². The van der Waals surface area contributed by atoms with E-state index >= 15 is 0 Å². The molecule has 1 heterocycles. The molecule has 10 heteroatoms. The van der Waals surface area contributed by atoms with Crippen LogP contribution >= 0.6 is 0 Å². The molecule has 2 atom stereocenters. The Balaban J connectivity index is 2.21. The number of carbonyl (C=O) groups is 1. The molecule has 150 valence electrons. The van der Waals surface area contributed by atoms with Gasteiger partial charge >= 0.3 is 5.97 Å². The van der Waals surface area contributed by atoms with Crippen LogP contribution in [0.5, 0.6) is 0 Å². The van der Waals surface area contributed by atoms with Crippen molar-refractivity contribution in [3.05, 3.63) is 59.7 Å². The smallest absolute Gasteiger partial charge is 0.335 e. The predicted molar refractivity (Wildman–Crippen MR) is 103 cm³/mol. The minimum absolute atomic E-state index is 0.184. The second-order valence-corrected chi connectivity index (χ2v) is 10.6. The van der Waals surface area contributed by atoms with Crippen LogP contribution in [0, 0.1) is 6.92 Å². The van der Waals surface area contributed by atoms with E-state index in [1.54, 1.807) is 18.2 Å². The maximum absolute atomic E-state index is 13.5. The van der Waals surface area contributed by atoms with E-state index in [1.165, 1.54) is 31.2 Å². The first-order valence-electron chi connectivity index (χ1n) is 8.35. The van der Waals surface area contributed by atoms with Crippen molar-refractivity contribution in [2.45, 2.75) is 24.0 Å². The molecule has 1 fully saturated rings. The van der Waals surface area contributed by atoms with E-state index in [-0.39, 0.29) is 16.1 Å². The van der Waals surface area contributed by atoms with Crippen LogP contribution in [0.15, 0.2) is 53.4 Å². The molecule has 2 aromatic rings. The minimum atomic E-state index is -4.36. The Morgan fingerprint density at radius 1 is 1.11 bits per heavy atom. The number of sulfonamides is 1. The number of nitrogens with zero attached hydrogens (tertiary/aromatic N) is 1. The highest BCUT2D eigenvalue weighted by molar-refractivity contribution is 7.93. The predicted octanol–water partition coefficient (Wildman–Crippen LogP) is 1.05. The van der Waals surface area contributed by atoms with Crippen molar-refractivity contribution in [1.82, 2.24) is 0 Å². The van der Waals surface area contributed by atoms with Gasteiger partial charge in [0.05, 0.1) is 39.8 Å². The van der Waals surface area contributed by atoms with Gasteiger partial charge in [-0.05, 0) is 36.8 Å². The first-order valence-corrected chi connectivity index (χ1v) is 11.6. The van der Waals surface area contributed by atoms with E-state index in [0.29, 0.717) is 5.56 Å². The second kappa shape index (κ2) is 7.19. The molecule has 0 saturated carbocycles. The molecular weight excluding hydrogens is 406 g/mol. The third-order valence-corrected chi connectivity index (χ3v) is 8.27. The molecule has 3 rings (SSSR count). The number of para-hydroxylation sites is 1. The molecular formula is C18H19NO7S2. The summed E-state index contributed by atoms with van der Waals surface area (Å²) in [4.78, 5) is 11.0. The molecule has 8 nitrogen and oxygen atoms in total. The molecule has 0 bridgehead atoms. The molecule has 0 spiro atoms. The van der Waals surface area contributed by atoms with Gasteiger partial charge in [0.25, 0.3) is 10.0 Å². The van der Waals surface area contributed by atoms with E-state index in [2.05, 4.69) is 0 Å². The lowest BCUT2D eigenvalue weighted by Crippen LogP contribution is -2.47. The molecule has 0 unspecified atom stereocenters. The summed E-state index contributed by atoms with van der Waals surface area (Å²) in [6, 6.07) is 10.3. The summed E-state index contributed by atoms with van der Waals surface area (Å²) >= 11 is 0. The first kappa shape index (κ1) is 20.3. The molecule has 28 heavy (non-hydrogen) atoms. The second-order valence-electron chi connectivity index (χ2n) is 6.63. The van der Waals surface area contributed by atoms with Crippen molar-refractivity contribution < 1.29 is 31.8 Å². The highest BCUT2D eigenvalue weighted by Gasteiger charge is 2.45. The fraction of sp³-hybridized carbons (Fsp3) is 0.278. The van der Waals surface area contributed by atoms with Crippen LogP contribution in [0.3, 0.4) is 0 Å². The number of aliphatic hydroxyl groups excluding tert-OH is 1.